The van der Waals surface area contributed by atoms with Crippen LogP contribution in [0.25, 0.3) is 11.4 Å². The van der Waals surface area contributed by atoms with E-state index in [0.29, 0.717) is 30.9 Å². The van der Waals surface area contributed by atoms with Crippen molar-refractivity contribution in [2.75, 3.05) is 11.9 Å². The van der Waals surface area contributed by atoms with E-state index in [2.05, 4.69) is 20.3 Å². The highest BCUT2D eigenvalue weighted by Gasteiger charge is 2.34. The Labute approximate surface area is 211 Å². The first-order valence-corrected chi connectivity index (χ1v) is 11.6. The number of amides is 1. The number of rotatable bonds is 4. The Hall–Kier alpha value is -3.34. The number of carbonyl (C=O) groups excluding carboxylic acids is 1. The summed E-state index contributed by atoms with van der Waals surface area (Å²) in [5.74, 6) is 0.738. The molecule has 36 heavy (non-hydrogen) atoms. The number of hydrogen-bond acceptors (Lipinski definition) is 6. The highest BCUT2D eigenvalue weighted by molar-refractivity contribution is 6.28. The molecule has 1 amide bonds. The second kappa shape index (κ2) is 9.61. The molecule has 4 rings (SSSR count). The number of nitrogens with zero attached hydrogens (tertiary/aromatic N) is 5. The number of fused-ring (bicyclic) bond motifs is 1. The summed E-state index contributed by atoms with van der Waals surface area (Å²) in [5.41, 5.74) is 1.42. The van der Waals surface area contributed by atoms with E-state index in [1.807, 2.05) is 20.8 Å². The summed E-state index contributed by atoms with van der Waals surface area (Å²) in [7, 11) is 1.52. The van der Waals surface area contributed by atoms with Crippen LogP contribution in [-0.2, 0) is 37.5 Å². The molecule has 0 radical (unpaired) electrons. The maximum absolute atomic E-state index is 13.0. The third-order valence-corrected chi connectivity index (χ3v) is 5.69. The summed E-state index contributed by atoms with van der Waals surface area (Å²) in [4.78, 5) is 26.5. The van der Waals surface area contributed by atoms with E-state index in [4.69, 9.17) is 16.3 Å². The van der Waals surface area contributed by atoms with Crippen LogP contribution < -0.4 is 5.32 Å². The van der Waals surface area contributed by atoms with E-state index >= 15 is 0 Å². The molecule has 0 saturated heterocycles. The maximum Gasteiger partial charge on any atom is 0.434 e. The number of aromatic nitrogens is 4. The van der Waals surface area contributed by atoms with Crippen LogP contribution in [0.3, 0.4) is 0 Å². The van der Waals surface area contributed by atoms with Crippen molar-refractivity contribution in [3.63, 3.8) is 0 Å². The third kappa shape index (κ3) is 5.89. The molecule has 0 fully saturated rings. The molecule has 0 unspecified atom stereocenters. The van der Waals surface area contributed by atoms with E-state index in [1.54, 1.807) is 29.2 Å². The summed E-state index contributed by atoms with van der Waals surface area (Å²) in [6.07, 6.45) is -3.43. The lowest BCUT2D eigenvalue weighted by Crippen LogP contribution is -2.40. The van der Waals surface area contributed by atoms with Gasteiger partial charge in [-0.15, -0.1) is 0 Å². The van der Waals surface area contributed by atoms with Gasteiger partial charge >= 0.3 is 12.3 Å². The zero-order chi connectivity index (χ0) is 26.3. The number of benzene rings is 1. The molecule has 3 heterocycles. The zero-order valence-corrected chi connectivity index (χ0v) is 21.0. The van der Waals surface area contributed by atoms with Gasteiger partial charge in [0.1, 0.15) is 17.2 Å². The predicted molar refractivity (Wildman–Crippen MR) is 128 cm³/mol. The van der Waals surface area contributed by atoms with Gasteiger partial charge in [0.05, 0.1) is 12.2 Å². The molecule has 2 aromatic heterocycles. The molecule has 0 bridgehead atoms. The first-order valence-electron chi connectivity index (χ1n) is 11.3. The van der Waals surface area contributed by atoms with Crippen molar-refractivity contribution in [2.45, 2.75) is 52.1 Å². The number of anilines is 1. The molecule has 1 aliphatic rings. The quantitative estimate of drug-likeness (QED) is 0.458. The summed E-state index contributed by atoms with van der Waals surface area (Å²) in [6.45, 7) is 6.55. The minimum atomic E-state index is -4.50. The number of ether oxygens (including phenoxy) is 1. The van der Waals surface area contributed by atoms with Crippen molar-refractivity contribution in [1.82, 2.24) is 24.4 Å². The molecule has 12 heteroatoms. The fourth-order valence-electron chi connectivity index (χ4n) is 3.84. The number of hydrogen-bond donors (Lipinski definition) is 1. The second-order valence-corrected chi connectivity index (χ2v) is 9.87. The van der Waals surface area contributed by atoms with E-state index < -0.39 is 23.6 Å². The summed E-state index contributed by atoms with van der Waals surface area (Å²) in [5, 5.41) is 3.35. The number of nitrogens with one attached hydrogen (secondary N) is 1. The third-order valence-electron chi connectivity index (χ3n) is 5.52. The molecule has 8 nitrogen and oxygen atoms in total. The molecule has 0 spiro atoms. The zero-order valence-electron chi connectivity index (χ0n) is 20.3. The van der Waals surface area contributed by atoms with Crippen LogP contribution in [0.1, 0.15) is 43.3 Å². The van der Waals surface area contributed by atoms with Crippen LogP contribution in [0.5, 0.6) is 0 Å². The van der Waals surface area contributed by atoms with Gasteiger partial charge in [0, 0.05) is 43.9 Å². The van der Waals surface area contributed by atoms with Gasteiger partial charge in [-0.05, 0) is 37.9 Å². The first kappa shape index (κ1) is 25.7. The van der Waals surface area contributed by atoms with Crippen LogP contribution in [0.15, 0.2) is 30.5 Å². The lowest BCUT2D eigenvalue weighted by atomic mass is 10.1. The van der Waals surface area contributed by atoms with Crippen LogP contribution in [0.4, 0.5) is 23.8 Å². The van der Waals surface area contributed by atoms with Crippen molar-refractivity contribution in [1.29, 1.82) is 0 Å². The summed E-state index contributed by atoms with van der Waals surface area (Å²) in [6, 6.07) is 7.03. The number of halogens is 4. The average Bonchev–Trinajstić information content (AvgIpc) is 3.18. The van der Waals surface area contributed by atoms with E-state index in [0.717, 1.165) is 23.0 Å². The molecular weight excluding hydrogens is 497 g/mol. The van der Waals surface area contributed by atoms with Gasteiger partial charge in [-0.3, -0.25) is 0 Å². The number of imidazole rings is 1. The van der Waals surface area contributed by atoms with Crippen molar-refractivity contribution >= 4 is 23.5 Å². The first-order chi connectivity index (χ1) is 16.8. The number of carbonyl (C=O) groups is 1. The van der Waals surface area contributed by atoms with Crippen LogP contribution >= 0.6 is 11.6 Å². The van der Waals surface area contributed by atoms with Gasteiger partial charge in [0.15, 0.2) is 5.69 Å². The van der Waals surface area contributed by atoms with Crippen molar-refractivity contribution in [3.8, 4) is 11.4 Å². The topological polar surface area (TPSA) is 85.2 Å². The number of alkyl halides is 3. The van der Waals surface area contributed by atoms with Crippen LogP contribution in [0.2, 0.25) is 5.28 Å². The van der Waals surface area contributed by atoms with Crippen molar-refractivity contribution in [2.24, 2.45) is 7.05 Å². The molecule has 0 saturated carbocycles. The Bertz CT molecular complexity index is 1270. The highest BCUT2D eigenvalue weighted by atomic mass is 35.5. The lowest BCUT2D eigenvalue weighted by Gasteiger charge is -2.31. The molecular formula is C24H26ClF3N6O2. The Morgan fingerprint density at radius 2 is 1.83 bits per heavy atom. The summed E-state index contributed by atoms with van der Waals surface area (Å²) < 4.78 is 45.8. The summed E-state index contributed by atoms with van der Waals surface area (Å²) >= 11 is 6.13. The minimum absolute atomic E-state index is 0.104. The SMILES string of the molecule is Cn1cc(C(F)(F)F)nc1-c1ccc(CNc2nc(Cl)nc3c2CN(C(=O)OC(C)(C)C)CC3)cc1. The highest BCUT2D eigenvalue weighted by Crippen LogP contribution is 2.31. The molecule has 0 atom stereocenters. The molecule has 1 aliphatic heterocycles. The molecule has 0 aliphatic carbocycles. The van der Waals surface area contributed by atoms with E-state index in [9.17, 15) is 18.0 Å². The normalized spacial score (nSPS) is 13.9. The monoisotopic (exact) mass is 522 g/mol. The molecule has 3 aromatic rings. The second-order valence-electron chi connectivity index (χ2n) is 9.53. The van der Waals surface area contributed by atoms with Crippen molar-refractivity contribution in [3.05, 3.63) is 58.3 Å². The molecule has 1 aromatic carbocycles. The Morgan fingerprint density at radius 1 is 1.14 bits per heavy atom. The van der Waals surface area contributed by atoms with E-state index in [1.165, 1.54) is 11.6 Å². The molecule has 1 N–H and O–H groups in total. The minimum Gasteiger partial charge on any atom is -0.444 e. The number of aryl methyl sites for hydroxylation is 1. The van der Waals surface area contributed by atoms with Crippen molar-refractivity contribution < 1.29 is 22.7 Å². The fraction of sp³-hybridized carbons (Fsp3) is 0.417. The maximum atomic E-state index is 13.0. The van der Waals surface area contributed by atoms with Gasteiger partial charge in [0.25, 0.3) is 0 Å². The van der Waals surface area contributed by atoms with Gasteiger partial charge in [-0.25, -0.2) is 19.7 Å². The lowest BCUT2D eigenvalue weighted by molar-refractivity contribution is -0.140. The Morgan fingerprint density at radius 3 is 2.44 bits per heavy atom. The Kier molecular flexibility index (Phi) is 6.87. The van der Waals surface area contributed by atoms with Crippen LogP contribution in [0, 0.1) is 0 Å². The fourth-order valence-corrected chi connectivity index (χ4v) is 4.03. The average molecular weight is 523 g/mol. The Balaban J connectivity index is 1.48. The van der Waals surface area contributed by atoms with Gasteiger partial charge in [-0.2, -0.15) is 13.2 Å². The van der Waals surface area contributed by atoms with Crippen LogP contribution in [-0.4, -0.2) is 42.7 Å². The predicted octanol–water partition coefficient (Wildman–Crippen LogP) is 5.45. The van der Waals surface area contributed by atoms with Gasteiger partial charge in [-0.1, -0.05) is 24.3 Å². The smallest absolute Gasteiger partial charge is 0.434 e. The van der Waals surface area contributed by atoms with Gasteiger partial charge in [0.2, 0.25) is 5.28 Å². The van der Waals surface area contributed by atoms with Gasteiger partial charge < -0.3 is 19.5 Å². The molecule has 192 valence electrons. The largest absolute Gasteiger partial charge is 0.444 e. The van der Waals surface area contributed by atoms with E-state index in [-0.39, 0.29) is 17.7 Å². The standard InChI is InChI=1S/C24H26ClF3N6O2/c1-23(2,3)36-22(35)34-10-9-17-16(12-34)19(32-21(25)30-17)29-11-14-5-7-15(8-6-14)20-31-18(13-33(20)4)24(26,27)28/h5-8,13H,9-12H2,1-4H3,(H,29,30,32).